The molecule has 28 heavy (non-hydrogen) atoms. The first kappa shape index (κ1) is 20.6. The van der Waals surface area contributed by atoms with Gasteiger partial charge in [-0.25, -0.2) is 0 Å². The Hall–Kier alpha value is -2.08. The van der Waals surface area contributed by atoms with Crippen LogP contribution in [-0.2, 0) is 9.59 Å². The van der Waals surface area contributed by atoms with Crippen molar-refractivity contribution in [3.63, 3.8) is 0 Å². The van der Waals surface area contributed by atoms with E-state index in [0.717, 1.165) is 34.1 Å². The second-order valence-electron chi connectivity index (χ2n) is 7.25. The second-order valence-corrected chi connectivity index (χ2v) is 8.36. The molecule has 148 valence electrons. The van der Waals surface area contributed by atoms with Crippen molar-refractivity contribution in [3.8, 4) is 0 Å². The van der Waals surface area contributed by atoms with Gasteiger partial charge in [0.2, 0.25) is 0 Å². The van der Waals surface area contributed by atoms with Gasteiger partial charge in [-0.15, -0.1) is 11.3 Å². The zero-order valence-electron chi connectivity index (χ0n) is 15.7. The van der Waals surface area contributed by atoms with E-state index in [2.05, 4.69) is 0 Å². The Balaban J connectivity index is 1.63. The predicted octanol–water partition coefficient (Wildman–Crippen LogP) is 4.37. The number of aliphatic hydroxyl groups excluding tert-OH is 2. The van der Waals surface area contributed by atoms with Gasteiger partial charge in [-0.3, -0.25) is 4.79 Å². The standard InChI is InChI=1S/C23H26O4S/c24-13-7-3-1-2-4-9-17-18(21(27)15-20(17)26)11-12-19(25)23-14-16-8-5-6-10-22(16)28-23/h2,4-6,8,10-14,17-20,25-26H,1,3,7,9,15H2/b4-2-,12-11+/t17-,18-,19-,20+/m1/s1. The Kier molecular flexibility index (Phi) is 7.31. The van der Waals surface area contributed by atoms with Crippen molar-refractivity contribution in [2.24, 2.45) is 11.8 Å². The number of carbonyl (C=O) groups is 2. The van der Waals surface area contributed by atoms with E-state index >= 15 is 0 Å². The summed E-state index contributed by atoms with van der Waals surface area (Å²) >= 11 is 1.54. The zero-order chi connectivity index (χ0) is 19.9. The number of unbranched alkanes of at least 4 members (excludes halogenated alkanes) is 2. The minimum absolute atomic E-state index is 0.0200. The van der Waals surface area contributed by atoms with Crippen LogP contribution in [0, 0.1) is 11.8 Å². The number of fused-ring (bicyclic) bond motifs is 1. The molecule has 2 aromatic rings. The van der Waals surface area contributed by atoms with Crippen LogP contribution < -0.4 is 0 Å². The highest BCUT2D eigenvalue weighted by Gasteiger charge is 2.39. The minimum Gasteiger partial charge on any atom is -0.392 e. The third-order valence-electron chi connectivity index (χ3n) is 5.24. The lowest BCUT2D eigenvalue weighted by Gasteiger charge is -2.17. The van der Waals surface area contributed by atoms with Crippen molar-refractivity contribution < 1.29 is 19.8 Å². The van der Waals surface area contributed by atoms with Gasteiger partial charge in [0, 0.05) is 34.3 Å². The van der Waals surface area contributed by atoms with Crippen LogP contribution in [0.4, 0.5) is 0 Å². The fraction of sp³-hybridized carbons (Fsp3) is 0.391. The highest BCUT2D eigenvalue weighted by molar-refractivity contribution is 7.19. The van der Waals surface area contributed by atoms with Crippen LogP contribution in [0.5, 0.6) is 0 Å². The molecule has 0 amide bonds. The summed E-state index contributed by atoms with van der Waals surface area (Å²) in [6.45, 7) is 0. The van der Waals surface area contributed by atoms with Crippen molar-refractivity contribution in [1.29, 1.82) is 0 Å². The van der Waals surface area contributed by atoms with Gasteiger partial charge in [0.05, 0.1) is 6.10 Å². The molecule has 3 rings (SSSR count). The maximum absolute atomic E-state index is 12.3. The van der Waals surface area contributed by atoms with E-state index in [-0.39, 0.29) is 24.0 Å². The summed E-state index contributed by atoms with van der Waals surface area (Å²) in [5.74, 6) is -0.522. The molecular formula is C23H26O4S. The number of carbonyl (C=O) groups excluding carboxylic acids is 2. The molecule has 1 saturated carbocycles. The summed E-state index contributed by atoms with van der Waals surface area (Å²) in [4.78, 5) is 23.5. The SMILES string of the molecule is O=CCCC/C=C\C[C@H]1[C@@H](O)CC(=O)[C@@H]1/C=C/[C@@H](O)c1cc2ccccc2s1. The summed E-state index contributed by atoms with van der Waals surface area (Å²) in [6.07, 6.45) is 9.89. The van der Waals surface area contributed by atoms with E-state index < -0.39 is 12.2 Å². The fourth-order valence-electron chi connectivity index (χ4n) is 3.68. The maximum Gasteiger partial charge on any atom is 0.142 e. The van der Waals surface area contributed by atoms with Crippen molar-refractivity contribution in [2.75, 3.05) is 0 Å². The molecule has 4 nitrogen and oxygen atoms in total. The largest absolute Gasteiger partial charge is 0.392 e. The lowest BCUT2D eigenvalue weighted by molar-refractivity contribution is -0.120. The van der Waals surface area contributed by atoms with Crippen LogP contribution in [0.2, 0.25) is 0 Å². The molecule has 0 bridgehead atoms. The number of rotatable bonds is 9. The molecule has 0 radical (unpaired) electrons. The first-order valence-corrected chi connectivity index (χ1v) is 10.6. The van der Waals surface area contributed by atoms with Crippen LogP contribution in [0.1, 0.15) is 43.1 Å². The van der Waals surface area contributed by atoms with Crippen LogP contribution in [0.3, 0.4) is 0 Å². The molecule has 0 spiro atoms. The number of hydrogen-bond donors (Lipinski definition) is 2. The average molecular weight is 399 g/mol. The van der Waals surface area contributed by atoms with E-state index in [4.69, 9.17) is 0 Å². The summed E-state index contributed by atoms with van der Waals surface area (Å²) in [6, 6.07) is 9.95. The number of allylic oxidation sites excluding steroid dienone is 3. The highest BCUT2D eigenvalue weighted by Crippen LogP contribution is 2.35. The van der Waals surface area contributed by atoms with E-state index in [1.54, 1.807) is 23.5 Å². The number of hydrogen-bond acceptors (Lipinski definition) is 5. The smallest absolute Gasteiger partial charge is 0.142 e. The summed E-state index contributed by atoms with van der Waals surface area (Å²) in [7, 11) is 0. The summed E-state index contributed by atoms with van der Waals surface area (Å²) in [5.41, 5.74) is 0. The molecule has 2 N–H and O–H groups in total. The molecule has 5 heteroatoms. The fourth-order valence-corrected chi connectivity index (χ4v) is 4.71. The first-order chi connectivity index (χ1) is 13.6. The van der Waals surface area contributed by atoms with Crippen LogP contribution in [0.25, 0.3) is 10.1 Å². The minimum atomic E-state index is -0.762. The Morgan fingerprint density at radius 1 is 1.21 bits per heavy atom. The van der Waals surface area contributed by atoms with Crippen LogP contribution in [-0.4, -0.2) is 28.4 Å². The van der Waals surface area contributed by atoms with E-state index in [1.165, 1.54) is 0 Å². The molecule has 1 heterocycles. The number of Topliss-reactive ketones (excluding diaryl/α,β-unsaturated/α-hetero) is 1. The maximum atomic E-state index is 12.3. The number of ketones is 1. The van der Waals surface area contributed by atoms with Gasteiger partial charge < -0.3 is 15.0 Å². The zero-order valence-corrected chi connectivity index (χ0v) is 16.6. The van der Waals surface area contributed by atoms with Crippen molar-refractivity contribution in [3.05, 3.63) is 59.5 Å². The van der Waals surface area contributed by atoms with Crippen molar-refractivity contribution in [2.45, 2.75) is 44.3 Å². The third kappa shape index (κ3) is 5.04. The van der Waals surface area contributed by atoms with Gasteiger partial charge in [0.25, 0.3) is 0 Å². The number of benzene rings is 1. The Labute approximate surface area is 169 Å². The van der Waals surface area contributed by atoms with Gasteiger partial charge in [0.15, 0.2) is 0 Å². The number of aldehydes is 1. The molecule has 1 fully saturated rings. The van der Waals surface area contributed by atoms with Gasteiger partial charge in [-0.1, -0.05) is 42.5 Å². The molecule has 0 unspecified atom stereocenters. The molecule has 1 aromatic heterocycles. The summed E-state index contributed by atoms with van der Waals surface area (Å²) < 4.78 is 1.12. The van der Waals surface area contributed by atoms with Gasteiger partial charge in [-0.2, -0.15) is 0 Å². The average Bonchev–Trinajstić information content (AvgIpc) is 3.23. The van der Waals surface area contributed by atoms with Gasteiger partial charge >= 0.3 is 0 Å². The molecule has 4 atom stereocenters. The van der Waals surface area contributed by atoms with Crippen LogP contribution >= 0.6 is 11.3 Å². The number of aliphatic hydroxyl groups is 2. The molecule has 0 saturated heterocycles. The molecule has 0 aliphatic heterocycles. The van der Waals surface area contributed by atoms with E-state index in [9.17, 15) is 19.8 Å². The topological polar surface area (TPSA) is 74.6 Å². The molecule has 1 aliphatic rings. The Morgan fingerprint density at radius 2 is 2.04 bits per heavy atom. The van der Waals surface area contributed by atoms with E-state index in [1.807, 2.05) is 42.5 Å². The third-order valence-corrected chi connectivity index (χ3v) is 6.43. The van der Waals surface area contributed by atoms with Crippen LogP contribution in [0.15, 0.2) is 54.6 Å². The van der Waals surface area contributed by atoms with E-state index in [0.29, 0.717) is 12.8 Å². The predicted molar refractivity (Wildman–Crippen MR) is 112 cm³/mol. The lowest BCUT2D eigenvalue weighted by atomic mass is 9.90. The second kappa shape index (κ2) is 9.92. The normalized spacial score (nSPS) is 23.9. The molecule has 1 aliphatic carbocycles. The monoisotopic (exact) mass is 398 g/mol. The quantitative estimate of drug-likeness (QED) is 0.374. The van der Waals surface area contributed by atoms with Crippen molar-refractivity contribution >= 4 is 33.5 Å². The van der Waals surface area contributed by atoms with Crippen molar-refractivity contribution in [1.82, 2.24) is 0 Å². The Morgan fingerprint density at radius 3 is 2.82 bits per heavy atom. The van der Waals surface area contributed by atoms with Gasteiger partial charge in [0.1, 0.15) is 18.2 Å². The number of thiophene rings is 1. The van der Waals surface area contributed by atoms with Gasteiger partial charge in [-0.05, 0) is 36.8 Å². The molecular weight excluding hydrogens is 372 g/mol. The lowest BCUT2D eigenvalue weighted by Crippen LogP contribution is -2.18. The Bertz CT molecular complexity index is 833. The molecule has 1 aromatic carbocycles. The first-order valence-electron chi connectivity index (χ1n) is 9.74. The summed E-state index contributed by atoms with van der Waals surface area (Å²) in [5, 5.41) is 21.9. The highest BCUT2D eigenvalue weighted by atomic mass is 32.1.